The molecule has 1 aromatic heterocycles. The summed E-state index contributed by atoms with van der Waals surface area (Å²) in [4.78, 5) is 1.31. The summed E-state index contributed by atoms with van der Waals surface area (Å²) in [6, 6.07) is 2.34. The monoisotopic (exact) mass is 273 g/mol. The van der Waals surface area contributed by atoms with Crippen LogP contribution in [0.5, 0.6) is 0 Å². The van der Waals surface area contributed by atoms with Crippen LogP contribution in [0.3, 0.4) is 0 Å². The van der Waals surface area contributed by atoms with Crippen LogP contribution in [-0.4, -0.2) is 26.0 Å². The van der Waals surface area contributed by atoms with Gasteiger partial charge in [0.1, 0.15) is 0 Å². The van der Waals surface area contributed by atoms with Crippen LogP contribution in [0.1, 0.15) is 36.2 Å². The van der Waals surface area contributed by atoms with E-state index in [9.17, 15) is 8.42 Å². The van der Waals surface area contributed by atoms with E-state index < -0.39 is 9.84 Å². The predicted molar refractivity (Wildman–Crippen MR) is 72.3 cm³/mol. The van der Waals surface area contributed by atoms with Crippen molar-refractivity contribution in [1.82, 2.24) is 5.32 Å². The Kier molecular flexibility index (Phi) is 3.90. The average molecular weight is 273 g/mol. The zero-order valence-electron chi connectivity index (χ0n) is 10.3. The van der Waals surface area contributed by atoms with Crippen LogP contribution in [0.2, 0.25) is 0 Å². The summed E-state index contributed by atoms with van der Waals surface area (Å²) >= 11 is 1.73. The average Bonchev–Trinajstić information content (AvgIpc) is 2.81. The van der Waals surface area contributed by atoms with Crippen molar-refractivity contribution in [1.29, 1.82) is 0 Å². The van der Waals surface area contributed by atoms with Crippen LogP contribution in [0.4, 0.5) is 0 Å². The molecule has 1 aliphatic heterocycles. The van der Waals surface area contributed by atoms with Crippen LogP contribution in [0, 0.1) is 6.92 Å². The van der Waals surface area contributed by atoms with Gasteiger partial charge in [0.2, 0.25) is 0 Å². The molecule has 0 aliphatic carbocycles. The molecular formula is C12H19NO2S2. The Balaban J connectivity index is 1.93. The summed E-state index contributed by atoms with van der Waals surface area (Å²) in [7, 11) is -2.82. The SMILES string of the molecule is Cc1ccsc1C(C)NCC1CCCS1(=O)=O. The maximum absolute atomic E-state index is 11.7. The van der Waals surface area contributed by atoms with Crippen molar-refractivity contribution in [2.24, 2.45) is 0 Å². The van der Waals surface area contributed by atoms with Gasteiger partial charge in [-0.1, -0.05) is 0 Å². The Morgan fingerprint density at radius 1 is 1.59 bits per heavy atom. The lowest BCUT2D eigenvalue weighted by Crippen LogP contribution is -2.32. The lowest BCUT2D eigenvalue weighted by molar-refractivity contribution is 0.541. The van der Waals surface area contributed by atoms with Crippen molar-refractivity contribution >= 4 is 21.2 Å². The Bertz CT molecular complexity index is 478. The molecule has 2 rings (SSSR count). The molecule has 1 aliphatic rings. The summed E-state index contributed by atoms with van der Waals surface area (Å²) in [5.74, 6) is 0.367. The van der Waals surface area contributed by atoms with Gasteiger partial charge in [-0.05, 0) is 43.7 Å². The van der Waals surface area contributed by atoms with Crippen LogP contribution < -0.4 is 5.32 Å². The number of aryl methyl sites for hydroxylation is 1. The smallest absolute Gasteiger partial charge is 0.154 e. The highest BCUT2D eigenvalue weighted by Crippen LogP contribution is 2.25. The van der Waals surface area contributed by atoms with Gasteiger partial charge in [-0.3, -0.25) is 0 Å². The van der Waals surface area contributed by atoms with Crippen LogP contribution in [0.25, 0.3) is 0 Å². The summed E-state index contributed by atoms with van der Waals surface area (Å²) in [6.07, 6.45) is 1.63. The molecule has 2 atom stereocenters. The molecule has 0 bridgehead atoms. The number of nitrogens with one attached hydrogen (secondary N) is 1. The van der Waals surface area contributed by atoms with E-state index in [0.717, 1.165) is 12.8 Å². The first-order chi connectivity index (χ1) is 8.00. The van der Waals surface area contributed by atoms with E-state index in [0.29, 0.717) is 12.3 Å². The van der Waals surface area contributed by atoms with Crippen molar-refractivity contribution in [3.05, 3.63) is 21.9 Å². The molecule has 2 heterocycles. The van der Waals surface area contributed by atoms with Gasteiger partial charge in [-0.15, -0.1) is 11.3 Å². The van der Waals surface area contributed by atoms with E-state index in [2.05, 4.69) is 30.6 Å². The number of sulfone groups is 1. The third-order valence-electron chi connectivity index (χ3n) is 3.41. The van der Waals surface area contributed by atoms with Crippen LogP contribution >= 0.6 is 11.3 Å². The Morgan fingerprint density at radius 3 is 2.88 bits per heavy atom. The Morgan fingerprint density at radius 2 is 2.35 bits per heavy atom. The minimum absolute atomic E-state index is 0.176. The fourth-order valence-electron chi connectivity index (χ4n) is 2.32. The molecule has 1 N–H and O–H groups in total. The maximum Gasteiger partial charge on any atom is 0.154 e. The van der Waals surface area contributed by atoms with E-state index in [1.807, 2.05) is 0 Å². The molecule has 0 amide bonds. The highest BCUT2D eigenvalue weighted by molar-refractivity contribution is 7.92. The fraction of sp³-hybridized carbons (Fsp3) is 0.667. The maximum atomic E-state index is 11.7. The zero-order valence-corrected chi connectivity index (χ0v) is 11.9. The molecule has 1 aromatic rings. The summed E-state index contributed by atoms with van der Waals surface area (Å²) in [5.41, 5.74) is 1.28. The first-order valence-electron chi connectivity index (χ1n) is 5.99. The topological polar surface area (TPSA) is 46.2 Å². The third-order valence-corrected chi connectivity index (χ3v) is 6.89. The summed E-state index contributed by atoms with van der Waals surface area (Å²) in [6.45, 7) is 4.78. The van der Waals surface area contributed by atoms with Gasteiger partial charge in [0.15, 0.2) is 9.84 Å². The molecule has 96 valence electrons. The highest BCUT2D eigenvalue weighted by Gasteiger charge is 2.31. The zero-order chi connectivity index (χ0) is 12.5. The molecule has 0 saturated carbocycles. The van der Waals surface area contributed by atoms with Crippen molar-refractivity contribution in [3.63, 3.8) is 0 Å². The number of hydrogen-bond donors (Lipinski definition) is 1. The molecule has 1 saturated heterocycles. The van der Waals surface area contributed by atoms with Gasteiger partial charge in [0.25, 0.3) is 0 Å². The van der Waals surface area contributed by atoms with Gasteiger partial charge >= 0.3 is 0 Å². The summed E-state index contributed by atoms with van der Waals surface area (Å²) in [5, 5.41) is 5.26. The number of hydrogen-bond acceptors (Lipinski definition) is 4. The molecule has 0 radical (unpaired) electrons. The minimum Gasteiger partial charge on any atom is -0.308 e. The van der Waals surface area contributed by atoms with Crippen molar-refractivity contribution < 1.29 is 8.42 Å². The number of thiophene rings is 1. The fourth-order valence-corrected chi connectivity index (χ4v) is 5.05. The number of rotatable bonds is 4. The summed E-state index contributed by atoms with van der Waals surface area (Å²) < 4.78 is 23.4. The molecule has 0 spiro atoms. The third kappa shape index (κ3) is 2.89. The van der Waals surface area contributed by atoms with E-state index in [-0.39, 0.29) is 11.3 Å². The van der Waals surface area contributed by atoms with Crippen molar-refractivity contribution in [2.45, 2.75) is 38.0 Å². The van der Waals surface area contributed by atoms with E-state index in [1.54, 1.807) is 11.3 Å². The first kappa shape index (κ1) is 13.1. The lowest BCUT2D eigenvalue weighted by atomic mass is 10.2. The van der Waals surface area contributed by atoms with E-state index >= 15 is 0 Å². The molecule has 2 unspecified atom stereocenters. The van der Waals surface area contributed by atoms with Gasteiger partial charge < -0.3 is 5.32 Å². The molecule has 3 nitrogen and oxygen atoms in total. The van der Waals surface area contributed by atoms with E-state index in [4.69, 9.17) is 0 Å². The predicted octanol–water partition coefficient (Wildman–Crippen LogP) is 2.28. The van der Waals surface area contributed by atoms with Gasteiger partial charge in [0, 0.05) is 17.5 Å². The first-order valence-corrected chi connectivity index (χ1v) is 8.59. The van der Waals surface area contributed by atoms with Gasteiger partial charge in [-0.25, -0.2) is 8.42 Å². The second-order valence-electron chi connectivity index (χ2n) is 4.73. The molecule has 0 aromatic carbocycles. The Labute approximate surface area is 107 Å². The largest absolute Gasteiger partial charge is 0.308 e. The lowest BCUT2D eigenvalue weighted by Gasteiger charge is -2.16. The minimum atomic E-state index is -2.82. The molecule has 5 heteroatoms. The standard InChI is InChI=1S/C12H19NO2S2/c1-9-5-6-16-12(9)10(2)13-8-11-4-3-7-17(11,14)15/h5-6,10-11,13H,3-4,7-8H2,1-2H3. The van der Waals surface area contributed by atoms with Crippen LogP contribution in [-0.2, 0) is 9.84 Å². The van der Waals surface area contributed by atoms with Gasteiger partial charge in [-0.2, -0.15) is 0 Å². The van der Waals surface area contributed by atoms with Crippen LogP contribution in [0.15, 0.2) is 11.4 Å². The van der Waals surface area contributed by atoms with Gasteiger partial charge in [0.05, 0.1) is 11.0 Å². The van der Waals surface area contributed by atoms with Crippen molar-refractivity contribution in [3.8, 4) is 0 Å². The normalized spacial score (nSPS) is 24.9. The van der Waals surface area contributed by atoms with E-state index in [1.165, 1.54) is 10.4 Å². The molecule has 1 fully saturated rings. The Hall–Kier alpha value is -0.390. The molecule has 17 heavy (non-hydrogen) atoms. The molecular weight excluding hydrogens is 254 g/mol. The highest BCUT2D eigenvalue weighted by atomic mass is 32.2. The second-order valence-corrected chi connectivity index (χ2v) is 8.08. The second kappa shape index (κ2) is 5.08. The quantitative estimate of drug-likeness (QED) is 0.915. The van der Waals surface area contributed by atoms with Crippen molar-refractivity contribution in [2.75, 3.05) is 12.3 Å².